The number of hydrogen-bond donors (Lipinski definition) is 2. The molecule has 3 N–H and O–H groups in total. The molecular weight excluding hydrogens is 214 g/mol. The van der Waals surface area contributed by atoms with Crippen molar-refractivity contribution >= 4 is 11.4 Å². The van der Waals surface area contributed by atoms with E-state index in [1.54, 1.807) is 0 Å². The molecule has 1 aromatic carbocycles. The second-order valence-electron chi connectivity index (χ2n) is 3.92. The average molecular weight is 228 g/mol. The summed E-state index contributed by atoms with van der Waals surface area (Å²) in [6.07, 6.45) is 1.75. The van der Waals surface area contributed by atoms with Gasteiger partial charge < -0.3 is 15.8 Å². The summed E-state index contributed by atoms with van der Waals surface area (Å²) in [4.78, 5) is 0. The van der Waals surface area contributed by atoms with Crippen LogP contribution in [0, 0.1) is 11.6 Å². The molecule has 1 atom stereocenters. The highest BCUT2D eigenvalue weighted by Crippen LogP contribution is 2.24. The first kappa shape index (κ1) is 11.1. The number of benzene rings is 1. The Kier molecular flexibility index (Phi) is 3.24. The first-order chi connectivity index (χ1) is 7.66. The maximum absolute atomic E-state index is 13.4. The standard InChI is InChI=1S/C11H14F2N2O/c12-9-4-7(14)5-10(13)11(9)15-8-2-1-3-16-6-8/h4-5,8,15H,1-3,6,14H2. The first-order valence-corrected chi connectivity index (χ1v) is 5.25. The van der Waals surface area contributed by atoms with Gasteiger partial charge in [0.15, 0.2) is 11.6 Å². The van der Waals surface area contributed by atoms with Gasteiger partial charge in [-0.2, -0.15) is 0 Å². The fourth-order valence-corrected chi connectivity index (χ4v) is 1.79. The molecule has 1 aliphatic heterocycles. The molecule has 0 bridgehead atoms. The van der Waals surface area contributed by atoms with E-state index in [2.05, 4.69) is 5.32 Å². The van der Waals surface area contributed by atoms with Gasteiger partial charge in [-0.25, -0.2) is 8.78 Å². The molecule has 1 heterocycles. The summed E-state index contributed by atoms with van der Waals surface area (Å²) < 4.78 is 32.1. The van der Waals surface area contributed by atoms with Crippen molar-refractivity contribution in [2.45, 2.75) is 18.9 Å². The van der Waals surface area contributed by atoms with Gasteiger partial charge >= 0.3 is 0 Å². The van der Waals surface area contributed by atoms with E-state index in [1.165, 1.54) is 0 Å². The van der Waals surface area contributed by atoms with Crippen LogP contribution >= 0.6 is 0 Å². The number of nitrogens with one attached hydrogen (secondary N) is 1. The Morgan fingerprint density at radius 3 is 2.56 bits per heavy atom. The lowest BCUT2D eigenvalue weighted by molar-refractivity contribution is 0.0874. The van der Waals surface area contributed by atoms with Crippen molar-refractivity contribution in [2.24, 2.45) is 0 Å². The van der Waals surface area contributed by atoms with Crippen LogP contribution in [-0.4, -0.2) is 19.3 Å². The van der Waals surface area contributed by atoms with E-state index in [0.717, 1.165) is 25.0 Å². The summed E-state index contributed by atoms with van der Waals surface area (Å²) in [5, 5.41) is 2.81. The van der Waals surface area contributed by atoms with Gasteiger partial charge in [0.1, 0.15) is 5.69 Å². The molecule has 0 aromatic heterocycles. The SMILES string of the molecule is Nc1cc(F)c(NC2CCCOC2)c(F)c1. The highest BCUT2D eigenvalue weighted by atomic mass is 19.1. The zero-order valence-corrected chi connectivity index (χ0v) is 8.80. The van der Waals surface area contributed by atoms with Gasteiger partial charge in [0.05, 0.1) is 6.61 Å². The molecule has 0 amide bonds. The summed E-state index contributed by atoms with van der Waals surface area (Å²) in [5.41, 5.74) is 5.29. The molecule has 0 aliphatic carbocycles. The minimum Gasteiger partial charge on any atom is -0.399 e. The molecule has 2 rings (SSSR count). The highest BCUT2D eigenvalue weighted by Gasteiger charge is 2.18. The Bertz CT molecular complexity index is 355. The summed E-state index contributed by atoms with van der Waals surface area (Å²) in [5.74, 6) is -1.33. The van der Waals surface area contributed by atoms with Crippen molar-refractivity contribution < 1.29 is 13.5 Å². The van der Waals surface area contributed by atoms with Crippen molar-refractivity contribution in [3.05, 3.63) is 23.8 Å². The molecule has 1 unspecified atom stereocenters. The molecule has 0 spiro atoms. The molecule has 3 nitrogen and oxygen atoms in total. The number of nitrogen functional groups attached to an aromatic ring is 1. The Hall–Kier alpha value is -1.36. The van der Waals surface area contributed by atoms with Gasteiger partial charge in [-0.3, -0.25) is 0 Å². The number of rotatable bonds is 2. The van der Waals surface area contributed by atoms with Crippen LogP contribution in [-0.2, 0) is 4.74 Å². The van der Waals surface area contributed by atoms with E-state index in [9.17, 15) is 8.78 Å². The van der Waals surface area contributed by atoms with E-state index in [4.69, 9.17) is 10.5 Å². The summed E-state index contributed by atoms with van der Waals surface area (Å²) in [6, 6.07) is 2.17. The van der Waals surface area contributed by atoms with E-state index in [-0.39, 0.29) is 17.4 Å². The van der Waals surface area contributed by atoms with Crippen LogP contribution in [0.3, 0.4) is 0 Å². The van der Waals surface area contributed by atoms with Gasteiger partial charge in [0, 0.05) is 18.3 Å². The first-order valence-electron chi connectivity index (χ1n) is 5.25. The van der Waals surface area contributed by atoms with Crippen LogP contribution in [0.5, 0.6) is 0 Å². The second-order valence-corrected chi connectivity index (χ2v) is 3.92. The number of ether oxygens (including phenoxy) is 1. The Morgan fingerprint density at radius 2 is 2.00 bits per heavy atom. The van der Waals surface area contributed by atoms with E-state index < -0.39 is 11.6 Å². The van der Waals surface area contributed by atoms with Crippen molar-refractivity contribution in [1.82, 2.24) is 0 Å². The normalized spacial score (nSPS) is 20.8. The minimum absolute atomic E-state index is 0.0404. The Labute approximate surface area is 92.6 Å². The summed E-state index contributed by atoms with van der Waals surface area (Å²) >= 11 is 0. The molecular formula is C11H14F2N2O. The largest absolute Gasteiger partial charge is 0.399 e. The molecule has 5 heteroatoms. The third-order valence-electron chi connectivity index (χ3n) is 2.57. The van der Waals surface area contributed by atoms with Crippen molar-refractivity contribution in [3.8, 4) is 0 Å². The number of nitrogens with two attached hydrogens (primary N) is 1. The van der Waals surface area contributed by atoms with Crippen LogP contribution in [0.4, 0.5) is 20.2 Å². The van der Waals surface area contributed by atoms with E-state index in [1.807, 2.05) is 0 Å². The predicted octanol–water partition coefficient (Wildman–Crippen LogP) is 2.14. The zero-order valence-electron chi connectivity index (χ0n) is 8.80. The van der Waals surface area contributed by atoms with Crippen LogP contribution in [0.1, 0.15) is 12.8 Å². The van der Waals surface area contributed by atoms with Crippen LogP contribution in [0.15, 0.2) is 12.1 Å². The number of anilines is 2. The third kappa shape index (κ3) is 2.41. The number of halogens is 2. The maximum atomic E-state index is 13.4. The lowest BCUT2D eigenvalue weighted by Crippen LogP contribution is -2.30. The van der Waals surface area contributed by atoms with Gasteiger partial charge in [-0.1, -0.05) is 0 Å². The predicted molar refractivity (Wildman–Crippen MR) is 58.2 cm³/mol. The van der Waals surface area contributed by atoms with Gasteiger partial charge in [0.2, 0.25) is 0 Å². The zero-order chi connectivity index (χ0) is 11.5. The van der Waals surface area contributed by atoms with Crippen molar-refractivity contribution in [1.29, 1.82) is 0 Å². The molecule has 1 aromatic rings. The molecule has 0 radical (unpaired) electrons. The lowest BCUT2D eigenvalue weighted by Gasteiger charge is -2.24. The van der Waals surface area contributed by atoms with Crippen LogP contribution in [0.25, 0.3) is 0 Å². The Balaban J connectivity index is 2.14. The van der Waals surface area contributed by atoms with E-state index in [0.29, 0.717) is 13.2 Å². The molecule has 0 saturated carbocycles. The average Bonchev–Trinajstić information content (AvgIpc) is 2.25. The van der Waals surface area contributed by atoms with Crippen LogP contribution < -0.4 is 11.1 Å². The second kappa shape index (κ2) is 4.65. The highest BCUT2D eigenvalue weighted by molar-refractivity contribution is 5.54. The topological polar surface area (TPSA) is 47.3 Å². The monoisotopic (exact) mass is 228 g/mol. The fourth-order valence-electron chi connectivity index (χ4n) is 1.79. The number of hydrogen-bond acceptors (Lipinski definition) is 3. The fraction of sp³-hybridized carbons (Fsp3) is 0.455. The molecule has 88 valence electrons. The summed E-state index contributed by atoms with van der Waals surface area (Å²) in [6.45, 7) is 1.19. The van der Waals surface area contributed by atoms with Gasteiger partial charge in [0.25, 0.3) is 0 Å². The minimum atomic E-state index is -0.664. The quantitative estimate of drug-likeness (QED) is 0.762. The third-order valence-corrected chi connectivity index (χ3v) is 2.57. The van der Waals surface area contributed by atoms with Gasteiger partial charge in [-0.05, 0) is 25.0 Å². The van der Waals surface area contributed by atoms with Crippen molar-refractivity contribution in [3.63, 3.8) is 0 Å². The molecule has 1 saturated heterocycles. The molecule has 16 heavy (non-hydrogen) atoms. The van der Waals surface area contributed by atoms with Gasteiger partial charge in [-0.15, -0.1) is 0 Å². The van der Waals surface area contributed by atoms with Crippen molar-refractivity contribution in [2.75, 3.05) is 24.3 Å². The molecule has 1 aliphatic rings. The van der Waals surface area contributed by atoms with E-state index >= 15 is 0 Å². The Morgan fingerprint density at radius 1 is 1.31 bits per heavy atom. The van der Waals surface area contributed by atoms with Crippen LogP contribution in [0.2, 0.25) is 0 Å². The lowest BCUT2D eigenvalue weighted by atomic mass is 10.1. The molecule has 1 fully saturated rings. The maximum Gasteiger partial charge on any atom is 0.151 e. The summed E-state index contributed by atoms with van der Waals surface area (Å²) in [7, 11) is 0. The smallest absolute Gasteiger partial charge is 0.151 e.